The molecule has 4 heteroatoms. The molecule has 0 aliphatic carbocycles. The van der Waals surface area contributed by atoms with Crippen LogP contribution in [0, 0.1) is 11.3 Å². The molecule has 0 saturated carbocycles. The Labute approximate surface area is 128 Å². The molecule has 20 heavy (non-hydrogen) atoms. The third kappa shape index (κ3) is 3.25. The number of rotatable bonds is 3. The Morgan fingerprint density at radius 3 is 2.50 bits per heavy atom. The van der Waals surface area contributed by atoms with Gasteiger partial charge >= 0.3 is 0 Å². The summed E-state index contributed by atoms with van der Waals surface area (Å²) in [7, 11) is 0. The fourth-order valence-electron chi connectivity index (χ4n) is 1.86. The van der Waals surface area contributed by atoms with Crippen LogP contribution in [0.1, 0.15) is 19.4 Å². The first-order chi connectivity index (χ1) is 9.51. The summed E-state index contributed by atoms with van der Waals surface area (Å²) >= 11 is 12.2. The summed E-state index contributed by atoms with van der Waals surface area (Å²) in [4.78, 5) is 0. The lowest BCUT2D eigenvalue weighted by atomic mass is 10.0. The van der Waals surface area contributed by atoms with E-state index < -0.39 is 0 Å². The summed E-state index contributed by atoms with van der Waals surface area (Å²) in [5.41, 5.74) is 2.11. The van der Waals surface area contributed by atoms with Crippen LogP contribution in [0.5, 0.6) is 5.75 Å². The van der Waals surface area contributed by atoms with E-state index in [1.54, 1.807) is 30.3 Å². The molecule has 102 valence electrons. The molecule has 0 fully saturated rings. The molecule has 0 amide bonds. The van der Waals surface area contributed by atoms with Gasteiger partial charge in [0, 0.05) is 15.6 Å². The molecule has 0 N–H and O–H groups in total. The van der Waals surface area contributed by atoms with Crippen molar-refractivity contribution in [2.75, 3.05) is 0 Å². The second-order valence-electron chi connectivity index (χ2n) is 4.61. The molecule has 2 rings (SSSR count). The van der Waals surface area contributed by atoms with E-state index in [0.717, 1.165) is 11.1 Å². The van der Waals surface area contributed by atoms with E-state index in [9.17, 15) is 5.26 Å². The number of halogens is 2. The molecule has 0 bridgehead atoms. The highest BCUT2D eigenvalue weighted by molar-refractivity contribution is 6.35. The van der Waals surface area contributed by atoms with E-state index in [1.807, 2.05) is 19.9 Å². The fourth-order valence-corrected chi connectivity index (χ4v) is 2.26. The Hall–Kier alpha value is -1.69. The van der Waals surface area contributed by atoms with Crippen molar-refractivity contribution in [3.63, 3.8) is 0 Å². The van der Waals surface area contributed by atoms with Crippen molar-refractivity contribution in [1.82, 2.24) is 0 Å². The zero-order chi connectivity index (χ0) is 14.7. The van der Waals surface area contributed by atoms with E-state index >= 15 is 0 Å². The number of nitriles is 1. The summed E-state index contributed by atoms with van der Waals surface area (Å²) in [5, 5.41) is 10.4. The minimum absolute atomic E-state index is 0.0164. The molecule has 0 aliphatic heterocycles. The first kappa shape index (κ1) is 14.7. The van der Waals surface area contributed by atoms with Crippen LogP contribution in [-0.4, -0.2) is 6.10 Å². The minimum atomic E-state index is 0.0164. The number of nitrogens with zero attached hydrogens (tertiary/aromatic N) is 1. The van der Waals surface area contributed by atoms with E-state index in [2.05, 4.69) is 6.07 Å². The van der Waals surface area contributed by atoms with Crippen LogP contribution >= 0.6 is 23.2 Å². The number of benzene rings is 2. The molecule has 2 aromatic carbocycles. The zero-order valence-corrected chi connectivity index (χ0v) is 12.7. The van der Waals surface area contributed by atoms with E-state index in [1.165, 1.54) is 0 Å². The van der Waals surface area contributed by atoms with Crippen LogP contribution in [0.3, 0.4) is 0 Å². The van der Waals surface area contributed by atoms with Gasteiger partial charge in [-0.3, -0.25) is 0 Å². The maximum absolute atomic E-state index is 9.24. The van der Waals surface area contributed by atoms with E-state index in [-0.39, 0.29) is 6.10 Å². The SMILES string of the molecule is CC(C)Oc1ccc(-c2cc(Cl)ccc2Cl)cc1C#N. The van der Waals surface area contributed by atoms with Gasteiger partial charge in [0.15, 0.2) is 0 Å². The Balaban J connectivity index is 2.49. The molecular formula is C16H13Cl2NO. The van der Waals surface area contributed by atoms with Crippen molar-refractivity contribution in [3.05, 3.63) is 52.0 Å². The smallest absolute Gasteiger partial charge is 0.137 e. The predicted octanol–water partition coefficient (Wildman–Crippen LogP) is 5.32. The molecule has 2 nitrogen and oxygen atoms in total. The molecule has 0 unspecified atom stereocenters. The lowest BCUT2D eigenvalue weighted by molar-refractivity contribution is 0.242. The van der Waals surface area contributed by atoms with Crippen LogP contribution in [0.2, 0.25) is 10.0 Å². The molecular weight excluding hydrogens is 293 g/mol. The highest BCUT2D eigenvalue weighted by Gasteiger charge is 2.10. The molecule has 0 radical (unpaired) electrons. The summed E-state index contributed by atoms with van der Waals surface area (Å²) in [6.45, 7) is 3.84. The highest BCUT2D eigenvalue weighted by Crippen LogP contribution is 2.33. The molecule has 0 aromatic heterocycles. The maximum Gasteiger partial charge on any atom is 0.137 e. The number of hydrogen-bond donors (Lipinski definition) is 0. The Morgan fingerprint density at radius 1 is 1.10 bits per heavy atom. The summed E-state index contributed by atoms with van der Waals surface area (Å²) in [6, 6.07) is 12.8. The standard InChI is InChI=1S/C16H13Cl2NO/c1-10(2)20-16-6-3-11(7-12(16)9-19)14-8-13(17)4-5-15(14)18/h3-8,10H,1-2H3. The van der Waals surface area contributed by atoms with Crippen molar-refractivity contribution in [3.8, 4) is 22.9 Å². The van der Waals surface area contributed by atoms with Crippen molar-refractivity contribution < 1.29 is 4.74 Å². The quantitative estimate of drug-likeness (QED) is 0.769. The molecule has 0 heterocycles. The molecule has 0 aliphatic rings. The first-order valence-corrected chi connectivity index (χ1v) is 6.93. The topological polar surface area (TPSA) is 33.0 Å². The second-order valence-corrected chi connectivity index (χ2v) is 5.46. The van der Waals surface area contributed by atoms with Gasteiger partial charge in [-0.05, 0) is 49.7 Å². The Kier molecular flexibility index (Phi) is 4.54. The second kappa shape index (κ2) is 6.17. The monoisotopic (exact) mass is 305 g/mol. The van der Waals surface area contributed by atoms with Crippen molar-refractivity contribution >= 4 is 23.2 Å². The highest BCUT2D eigenvalue weighted by atomic mass is 35.5. The van der Waals surface area contributed by atoms with Crippen molar-refractivity contribution in [2.24, 2.45) is 0 Å². The summed E-state index contributed by atoms with van der Waals surface area (Å²) in [6.07, 6.45) is 0.0164. The van der Waals surface area contributed by atoms with Gasteiger partial charge in [0.2, 0.25) is 0 Å². The Bertz CT molecular complexity index is 675. The lowest BCUT2D eigenvalue weighted by Crippen LogP contribution is -2.06. The Morgan fingerprint density at radius 2 is 1.85 bits per heavy atom. The number of hydrogen-bond acceptors (Lipinski definition) is 2. The molecule has 2 aromatic rings. The predicted molar refractivity (Wildman–Crippen MR) is 82.4 cm³/mol. The van der Waals surface area contributed by atoms with Gasteiger partial charge in [-0.2, -0.15) is 5.26 Å². The van der Waals surface area contributed by atoms with Crippen LogP contribution < -0.4 is 4.74 Å². The van der Waals surface area contributed by atoms with Gasteiger partial charge in [-0.1, -0.05) is 29.3 Å². The summed E-state index contributed by atoms with van der Waals surface area (Å²) in [5.74, 6) is 0.574. The molecule has 0 saturated heterocycles. The third-order valence-corrected chi connectivity index (χ3v) is 3.27. The normalized spacial score (nSPS) is 10.4. The van der Waals surface area contributed by atoms with Gasteiger partial charge in [0.05, 0.1) is 11.7 Å². The fraction of sp³-hybridized carbons (Fsp3) is 0.188. The van der Waals surface area contributed by atoms with Crippen molar-refractivity contribution in [2.45, 2.75) is 20.0 Å². The van der Waals surface area contributed by atoms with E-state index in [0.29, 0.717) is 21.4 Å². The average molecular weight is 306 g/mol. The van der Waals surface area contributed by atoms with Crippen LogP contribution in [-0.2, 0) is 0 Å². The first-order valence-electron chi connectivity index (χ1n) is 6.17. The average Bonchev–Trinajstić information content (AvgIpc) is 2.41. The van der Waals surface area contributed by atoms with Gasteiger partial charge in [0.1, 0.15) is 11.8 Å². The maximum atomic E-state index is 9.24. The third-order valence-electron chi connectivity index (χ3n) is 2.70. The lowest BCUT2D eigenvalue weighted by Gasteiger charge is -2.13. The van der Waals surface area contributed by atoms with Crippen LogP contribution in [0.15, 0.2) is 36.4 Å². The van der Waals surface area contributed by atoms with Gasteiger partial charge in [-0.25, -0.2) is 0 Å². The van der Waals surface area contributed by atoms with Crippen LogP contribution in [0.4, 0.5) is 0 Å². The zero-order valence-electron chi connectivity index (χ0n) is 11.2. The van der Waals surface area contributed by atoms with E-state index in [4.69, 9.17) is 27.9 Å². The van der Waals surface area contributed by atoms with Crippen LogP contribution in [0.25, 0.3) is 11.1 Å². The molecule has 0 atom stereocenters. The number of ether oxygens (including phenoxy) is 1. The summed E-state index contributed by atoms with van der Waals surface area (Å²) < 4.78 is 5.60. The largest absolute Gasteiger partial charge is 0.490 e. The molecule has 0 spiro atoms. The van der Waals surface area contributed by atoms with Crippen molar-refractivity contribution in [1.29, 1.82) is 5.26 Å². The van der Waals surface area contributed by atoms with Gasteiger partial charge in [-0.15, -0.1) is 0 Å². The van der Waals surface area contributed by atoms with Gasteiger partial charge in [0.25, 0.3) is 0 Å². The minimum Gasteiger partial charge on any atom is -0.490 e. The van der Waals surface area contributed by atoms with Gasteiger partial charge < -0.3 is 4.74 Å².